The lowest BCUT2D eigenvalue weighted by atomic mass is 9.36. The van der Waals surface area contributed by atoms with Gasteiger partial charge in [-0.25, -0.2) is 0 Å². The van der Waals surface area contributed by atoms with Gasteiger partial charge in [-0.15, -0.1) is 0 Å². The molecule has 5 aliphatic rings. The van der Waals surface area contributed by atoms with Gasteiger partial charge in [-0.1, -0.05) is 46.8 Å². The summed E-state index contributed by atoms with van der Waals surface area (Å²) < 4.78 is 0. The van der Waals surface area contributed by atoms with Gasteiger partial charge in [0, 0.05) is 0 Å². The van der Waals surface area contributed by atoms with Crippen LogP contribution in [0.2, 0.25) is 0 Å². The zero-order chi connectivity index (χ0) is 21.5. The maximum absolute atomic E-state index is 10.8. The van der Waals surface area contributed by atoms with E-state index in [1.807, 2.05) is 0 Å². The molecule has 0 aromatic rings. The second kappa shape index (κ2) is 6.85. The molecule has 0 aromatic heterocycles. The minimum atomic E-state index is -0.105. The maximum atomic E-state index is 10.8. The predicted molar refractivity (Wildman–Crippen MR) is 126 cm³/mol. The summed E-state index contributed by atoms with van der Waals surface area (Å²) in [5.74, 6) is 5.29. The monoisotopic (exact) mass is 412 g/mol. The zero-order valence-corrected chi connectivity index (χ0v) is 20.7. The summed E-state index contributed by atoms with van der Waals surface area (Å²) in [7, 11) is 0. The quantitative estimate of drug-likeness (QED) is 0.439. The Balaban J connectivity index is 1.49. The highest BCUT2D eigenvalue weighted by atomic mass is 16.3. The van der Waals surface area contributed by atoms with Crippen molar-refractivity contribution in [1.29, 1.82) is 0 Å². The molecule has 5 aliphatic carbocycles. The average Bonchev–Trinajstić information content (AvgIpc) is 3.02. The fourth-order valence-electron chi connectivity index (χ4n) is 11.3. The van der Waals surface area contributed by atoms with Gasteiger partial charge in [0.05, 0.1) is 6.10 Å². The van der Waals surface area contributed by atoms with E-state index in [4.69, 9.17) is 0 Å². The number of hydrogen-bond acceptors (Lipinski definition) is 1. The molecule has 10 unspecified atom stereocenters. The highest BCUT2D eigenvalue weighted by molar-refractivity contribution is 5.18. The summed E-state index contributed by atoms with van der Waals surface area (Å²) in [5.41, 5.74) is 1.56. The molecule has 0 radical (unpaired) electrons. The molecule has 0 aliphatic heterocycles. The summed E-state index contributed by atoms with van der Waals surface area (Å²) >= 11 is 0. The molecule has 1 heteroatoms. The number of fused-ring (bicyclic) bond motifs is 7. The van der Waals surface area contributed by atoms with E-state index in [-0.39, 0.29) is 11.5 Å². The van der Waals surface area contributed by atoms with Gasteiger partial charge in [-0.2, -0.15) is 0 Å². The Morgan fingerprint density at radius 2 is 1.47 bits per heavy atom. The van der Waals surface area contributed by atoms with Crippen molar-refractivity contribution in [2.24, 2.45) is 57.2 Å². The molecule has 30 heavy (non-hydrogen) atoms. The Kier molecular flexibility index (Phi) is 4.92. The highest BCUT2D eigenvalue weighted by Gasteiger charge is 2.66. The van der Waals surface area contributed by atoms with Gasteiger partial charge in [-0.05, 0) is 128 Å². The standard InChI is InChI=1S/C29H48O/c1-7-14-29-17-10-19(2)25(29)20-8-9-23-27(5,21(20)11-18-29)15-12-22-26(3,4)24(30)13-16-28(22,23)6/h7,14,19-25,30H,8-13,15-18H2,1-6H3/b14-7+. The van der Waals surface area contributed by atoms with E-state index in [9.17, 15) is 5.11 Å². The summed E-state index contributed by atoms with van der Waals surface area (Å²) in [6.45, 7) is 15.0. The Hall–Kier alpha value is -0.300. The number of aliphatic hydroxyl groups is 1. The second-order valence-corrected chi connectivity index (χ2v) is 13.7. The molecule has 0 amide bonds. The van der Waals surface area contributed by atoms with E-state index < -0.39 is 0 Å². The minimum absolute atomic E-state index is 0.0821. The lowest BCUT2D eigenvalue weighted by Gasteiger charge is -2.69. The van der Waals surface area contributed by atoms with Crippen LogP contribution in [-0.4, -0.2) is 11.2 Å². The number of aliphatic hydroxyl groups excluding tert-OH is 1. The van der Waals surface area contributed by atoms with Crippen molar-refractivity contribution in [3.8, 4) is 0 Å². The van der Waals surface area contributed by atoms with Crippen LogP contribution in [0.25, 0.3) is 0 Å². The molecule has 1 nitrogen and oxygen atoms in total. The number of allylic oxidation sites excluding steroid dienone is 2. The topological polar surface area (TPSA) is 20.2 Å². The van der Waals surface area contributed by atoms with Gasteiger partial charge < -0.3 is 5.11 Å². The van der Waals surface area contributed by atoms with Gasteiger partial charge in [0.1, 0.15) is 0 Å². The third-order valence-corrected chi connectivity index (χ3v) is 12.4. The number of hydrogen-bond donors (Lipinski definition) is 1. The van der Waals surface area contributed by atoms with Gasteiger partial charge in [0.15, 0.2) is 0 Å². The molecule has 10 atom stereocenters. The summed E-state index contributed by atoms with van der Waals surface area (Å²) in [6, 6.07) is 0. The lowest BCUT2D eigenvalue weighted by Crippen LogP contribution is -2.63. The summed E-state index contributed by atoms with van der Waals surface area (Å²) in [4.78, 5) is 0. The predicted octanol–water partition coefficient (Wildman–Crippen LogP) is 7.63. The van der Waals surface area contributed by atoms with Crippen molar-refractivity contribution in [3.63, 3.8) is 0 Å². The molecular weight excluding hydrogens is 364 g/mol. The van der Waals surface area contributed by atoms with Gasteiger partial charge in [0.2, 0.25) is 0 Å². The van der Waals surface area contributed by atoms with E-state index in [1.54, 1.807) is 0 Å². The van der Waals surface area contributed by atoms with Gasteiger partial charge in [0.25, 0.3) is 0 Å². The van der Waals surface area contributed by atoms with E-state index in [2.05, 4.69) is 53.7 Å². The fraction of sp³-hybridized carbons (Fsp3) is 0.931. The Bertz CT molecular complexity index is 707. The third kappa shape index (κ3) is 2.63. The van der Waals surface area contributed by atoms with E-state index in [1.165, 1.54) is 57.8 Å². The molecule has 5 saturated carbocycles. The van der Waals surface area contributed by atoms with Crippen molar-refractivity contribution in [2.75, 3.05) is 0 Å². The van der Waals surface area contributed by atoms with Gasteiger partial charge >= 0.3 is 0 Å². The number of rotatable bonds is 1. The van der Waals surface area contributed by atoms with Crippen LogP contribution < -0.4 is 0 Å². The minimum Gasteiger partial charge on any atom is -0.393 e. The molecule has 170 valence electrons. The van der Waals surface area contributed by atoms with Crippen molar-refractivity contribution in [1.82, 2.24) is 0 Å². The van der Waals surface area contributed by atoms with E-state index >= 15 is 0 Å². The SMILES string of the molecule is C/C=C/C12CCC(C)C1C1CCC3C(C)(CCC4C(C)(C)C(O)CCC43C)C1CC2. The molecular formula is C29H48O. The molecule has 1 N–H and O–H groups in total. The first kappa shape index (κ1) is 21.5. The maximum Gasteiger partial charge on any atom is 0.0594 e. The van der Waals surface area contributed by atoms with Crippen molar-refractivity contribution in [3.05, 3.63) is 12.2 Å². The Morgan fingerprint density at radius 1 is 0.767 bits per heavy atom. The van der Waals surface area contributed by atoms with Crippen LogP contribution in [0.5, 0.6) is 0 Å². The first-order chi connectivity index (χ1) is 14.1. The molecule has 0 heterocycles. The normalized spacial score (nSPS) is 57.4. The second-order valence-electron chi connectivity index (χ2n) is 13.7. The molecule has 0 saturated heterocycles. The Morgan fingerprint density at radius 3 is 2.20 bits per heavy atom. The van der Waals surface area contributed by atoms with Crippen LogP contribution in [-0.2, 0) is 0 Å². The van der Waals surface area contributed by atoms with Crippen LogP contribution >= 0.6 is 0 Å². The molecule has 5 fully saturated rings. The first-order valence-electron chi connectivity index (χ1n) is 13.4. The molecule has 0 spiro atoms. The highest BCUT2D eigenvalue weighted by Crippen LogP contribution is 2.73. The van der Waals surface area contributed by atoms with Crippen LogP contribution in [0.4, 0.5) is 0 Å². The smallest absolute Gasteiger partial charge is 0.0594 e. The van der Waals surface area contributed by atoms with Crippen LogP contribution in [0, 0.1) is 57.2 Å². The third-order valence-electron chi connectivity index (χ3n) is 12.4. The van der Waals surface area contributed by atoms with E-state index in [0.29, 0.717) is 22.2 Å². The first-order valence-corrected chi connectivity index (χ1v) is 13.4. The van der Waals surface area contributed by atoms with Gasteiger partial charge in [-0.3, -0.25) is 0 Å². The van der Waals surface area contributed by atoms with Crippen LogP contribution in [0.3, 0.4) is 0 Å². The molecule has 5 rings (SSSR count). The van der Waals surface area contributed by atoms with Crippen LogP contribution in [0.1, 0.15) is 106 Å². The fourth-order valence-corrected chi connectivity index (χ4v) is 11.3. The zero-order valence-electron chi connectivity index (χ0n) is 20.7. The van der Waals surface area contributed by atoms with E-state index in [0.717, 1.165) is 36.0 Å². The van der Waals surface area contributed by atoms with Crippen molar-refractivity contribution < 1.29 is 5.11 Å². The lowest BCUT2D eigenvalue weighted by molar-refractivity contribution is -0.214. The molecule has 0 bridgehead atoms. The van der Waals surface area contributed by atoms with Crippen LogP contribution in [0.15, 0.2) is 12.2 Å². The Labute approximate surface area is 186 Å². The average molecular weight is 413 g/mol. The van der Waals surface area contributed by atoms with Crippen molar-refractivity contribution >= 4 is 0 Å². The summed E-state index contributed by atoms with van der Waals surface area (Å²) in [5, 5.41) is 10.8. The largest absolute Gasteiger partial charge is 0.393 e. The molecule has 0 aromatic carbocycles. The summed E-state index contributed by atoms with van der Waals surface area (Å²) in [6.07, 6.45) is 18.7. The van der Waals surface area contributed by atoms with Crippen molar-refractivity contribution in [2.45, 2.75) is 112 Å².